The quantitative estimate of drug-likeness (QED) is 0.486. The molecule has 0 unspecified atom stereocenters. The van der Waals surface area contributed by atoms with Crippen LogP contribution < -0.4 is 10.5 Å². The number of aryl methyl sites for hydroxylation is 1. The summed E-state index contributed by atoms with van der Waals surface area (Å²) in [5.41, 5.74) is 8.42. The Kier molecular flexibility index (Phi) is 9.17. The summed E-state index contributed by atoms with van der Waals surface area (Å²) in [6, 6.07) is 19.3. The van der Waals surface area contributed by atoms with Crippen molar-refractivity contribution in [2.75, 3.05) is 46.5 Å². The zero-order valence-electron chi connectivity index (χ0n) is 19.0. The van der Waals surface area contributed by atoms with E-state index in [-0.39, 0.29) is 5.41 Å². The van der Waals surface area contributed by atoms with Crippen LogP contribution in [0, 0.1) is 0 Å². The van der Waals surface area contributed by atoms with E-state index < -0.39 is 0 Å². The first-order valence-corrected chi connectivity index (χ1v) is 11.3. The molecule has 0 saturated carbocycles. The minimum atomic E-state index is 0.136. The summed E-state index contributed by atoms with van der Waals surface area (Å²) in [5.74, 6) is 0.908. The highest BCUT2D eigenvalue weighted by atomic mass is 32.1. The number of nitrogens with two attached hydrogens (primary N) is 1. The maximum Gasteiger partial charge on any atom is 0.119 e. The van der Waals surface area contributed by atoms with Crippen molar-refractivity contribution in [1.82, 2.24) is 14.5 Å². The number of methoxy groups -OCH3 is 1. The SMILES string of the molecule is COCCN1CC(Cc2ccccc2)(c2cccc(OCCN)c2)C1.Cn1cnc(S)c1. The number of nitrogens with zero attached hydrogens (tertiary/aromatic N) is 3. The number of hydrogen-bond acceptors (Lipinski definition) is 6. The van der Waals surface area contributed by atoms with Gasteiger partial charge in [-0.1, -0.05) is 42.5 Å². The molecule has 0 aliphatic carbocycles. The van der Waals surface area contributed by atoms with Crippen LogP contribution in [0.25, 0.3) is 0 Å². The monoisotopic (exact) mass is 454 g/mol. The third kappa shape index (κ3) is 6.84. The molecule has 0 amide bonds. The van der Waals surface area contributed by atoms with Crippen LogP contribution in [0.5, 0.6) is 5.75 Å². The number of aromatic nitrogens is 2. The zero-order chi connectivity index (χ0) is 22.8. The van der Waals surface area contributed by atoms with E-state index in [0.717, 1.165) is 43.4 Å². The Balaban J connectivity index is 0.000000352. The number of benzene rings is 2. The highest BCUT2D eigenvalue weighted by Gasteiger charge is 2.44. The van der Waals surface area contributed by atoms with Crippen LogP contribution in [0.2, 0.25) is 0 Å². The third-order valence-corrected chi connectivity index (χ3v) is 5.80. The molecule has 1 saturated heterocycles. The molecule has 1 aliphatic heterocycles. The number of thiol groups is 1. The Labute approximate surface area is 196 Å². The second kappa shape index (κ2) is 12.1. The van der Waals surface area contributed by atoms with Gasteiger partial charge in [0.05, 0.1) is 12.9 Å². The number of ether oxygens (including phenoxy) is 2. The molecule has 0 bridgehead atoms. The Morgan fingerprint density at radius 3 is 2.47 bits per heavy atom. The molecule has 1 fully saturated rings. The van der Waals surface area contributed by atoms with Crippen molar-refractivity contribution >= 4 is 12.6 Å². The second-order valence-corrected chi connectivity index (χ2v) is 8.67. The van der Waals surface area contributed by atoms with Gasteiger partial charge in [0, 0.05) is 51.9 Å². The average Bonchev–Trinajstić information content (AvgIpc) is 3.17. The van der Waals surface area contributed by atoms with E-state index in [2.05, 4.69) is 71.0 Å². The van der Waals surface area contributed by atoms with Gasteiger partial charge in [-0.2, -0.15) is 0 Å². The summed E-state index contributed by atoms with van der Waals surface area (Å²) < 4.78 is 12.8. The van der Waals surface area contributed by atoms with Crippen LogP contribution in [0.3, 0.4) is 0 Å². The first-order chi connectivity index (χ1) is 15.5. The Morgan fingerprint density at radius 1 is 1.09 bits per heavy atom. The molecule has 172 valence electrons. The Morgan fingerprint density at radius 2 is 1.88 bits per heavy atom. The molecular weight excluding hydrogens is 420 g/mol. The summed E-state index contributed by atoms with van der Waals surface area (Å²) >= 11 is 3.97. The molecule has 2 N–H and O–H groups in total. The molecule has 1 aliphatic rings. The lowest BCUT2D eigenvalue weighted by atomic mass is 9.69. The lowest BCUT2D eigenvalue weighted by molar-refractivity contribution is 0.0387. The lowest BCUT2D eigenvalue weighted by Gasteiger charge is -2.51. The van der Waals surface area contributed by atoms with Crippen molar-refractivity contribution in [3.05, 3.63) is 78.2 Å². The minimum Gasteiger partial charge on any atom is -0.492 e. The van der Waals surface area contributed by atoms with E-state index >= 15 is 0 Å². The van der Waals surface area contributed by atoms with Crippen molar-refractivity contribution in [2.24, 2.45) is 12.8 Å². The highest BCUT2D eigenvalue weighted by Crippen LogP contribution is 2.39. The van der Waals surface area contributed by atoms with Gasteiger partial charge in [0.15, 0.2) is 0 Å². The van der Waals surface area contributed by atoms with E-state index in [1.165, 1.54) is 11.1 Å². The standard InChI is InChI=1S/C21H28N2O2.C4H6N2S/c1-24-13-11-23-16-21(17-23,15-18-6-3-2-4-7-18)19-8-5-9-20(14-19)25-12-10-22;1-6-2-4(7)5-3-6/h2-9,14H,10-13,15-17,22H2,1H3;2-3,7H,1H3. The van der Waals surface area contributed by atoms with E-state index in [4.69, 9.17) is 15.2 Å². The zero-order valence-corrected chi connectivity index (χ0v) is 19.9. The fourth-order valence-corrected chi connectivity index (χ4v) is 4.30. The minimum absolute atomic E-state index is 0.136. The predicted octanol–water partition coefficient (Wildman–Crippen LogP) is 3.18. The first kappa shape index (κ1) is 24.3. The molecule has 2 aromatic carbocycles. The fourth-order valence-electron chi connectivity index (χ4n) is 4.06. The maximum absolute atomic E-state index is 5.74. The van der Waals surface area contributed by atoms with Crippen molar-refractivity contribution in [2.45, 2.75) is 16.9 Å². The van der Waals surface area contributed by atoms with Crippen LogP contribution in [0.1, 0.15) is 11.1 Å². The molecule has 3 aromatic rings. The van der Waals surface area contributed by atoms with Gasteiger partial charge in [-0.15, -0.1) is 12.6 Å². The van der Waals surface area contributed by atoms with Gasteiger partial charge >= 0.3 is 0 Å². The van der Waals surface area contributed by atoms with Crippen molar-refractivity contribution < 1.29 is 9.47 Å². The lowest BCUT2D eigenvalue weighted by Crippen LogP contribution is -2.61. The van der Waals surface area contributed by atoms with Crippen molar-refractivity contribution in [3.8, 4) is 5.75 Å². The number of rotatable bonds is 9. The Bertz CT molecular complexity index is 925. The summed E-state index contributed by atoms with van der Waals surface area (Å²) in [6.45, 7) is 4.94. The van der Waals surface area contributed by atoms with Crippen LogP contribution in [0.15, 0.2) is 72.1 Å². The first-order valence-electron chi connectivity index (χ1n) is 10.9. The van der Waals surface area contributed by atoms with E-state index in [0.29, 0.717) is 13.2 Å². The number of imidazole rings is 1. The van der Waals surface area contributed by atoms with Gasteiger partial charge < -0.3 is 19.8 Å². The fraction of sp³-hybridized carbons (Fsp3) is 0.400. The normalized spacial score (nSPS) is 14.9. The third-order valence-electron chi connectivity index (χ3n) is 5.57. The smallest absolute Gasteiger partial charge is 0.119 e. The summed E-state index contributed by atoms with van der Waals surface area (Å²) in [7, 11) is 3.67. The second-order valence-electron chi connectivity index (χ2n) is 8.21. The molecule has 6 nitrogen and oxygen atoms in total. The highest BCUT2D eigenvalue weighted by molar-refractivity contribution is 7.80. The van der Waals surface area contributed by atoms with E-state index in [9.17, 15) is 0 Å². The number of likely N-dealkylation sites (tertiary alicyclic amines) is 1. The molecular formula is C25H34N4O2S. The van der Waals surface area contributed by atoms with Gasteiger partial charge in [-0.05, 0) is 29.7 Å². The van der Waals surface area contributed by atoms with Gasteiger partial charge in [-0.25, -0.2) is 4.98 Å². The molecule has 32 heavy (non-hydrogen) atoms. The number of hydrogen-bond donors (Lipinski definition) is 2. The van der Waals surface area contributed by atoms with E-state index in [1.54, 1.807) is 13.4 Å². The average molecular weight is 455 g/mol. The van der Waals surface area contributed by atoms with Crippen LogP contribution in [-0.2, 0) is 23.6 Å². The molecule has 0 radical (unpaired) electrons. The molecule has 0 atom stereocenters. The molecule has 1 aromatic heterocycles. The Hall–Kier alpha value is -2.32. The van der Waals surface area contributed by atoms with Gasteiger partial charge in [0.2, 0.25) is 0 Å². The van der Waals surface area contributed by atoms with E-state index in [1.807, 2.05) is 23.9 Å². The van der Waals surface area contributed by atoms with Crippen LogP contribution >= 0.6 is 12.6 Å². The van der Waals surface area contributed by atoms with Crippen molar-refractivity contribution in [1.29, 1.82) is 0 Å². The molecule has 7 heteroatoms. The van der Waals surface area contributed by atoms with Crippen LogP contribution in [-0.4, -0.2) is 61.0 Å². The molecule has 4 rings (SSSR count). The van der Waals surface area contributed by atoms with Gasteiger partial charge in [0.1, 0.15) is 17.4 Å². The molecule has 2 heterocycles. The summed E-state index contributed by atoms with van der Waals surface area (Å²) in [6.07, 6.45) is 4.59. The molecule has 0 spiro atoms. The van der Waals surface area contributed by atoms with Crippen LogP contribution in [0.4, 0.5) is 0 Å². The predicted molar refractivity (Wildman–Crippen MR) is 132 cm³/mol. The summed E-state index contributed by atoms with van der Waals surface area (Å²) in [4.78, 5) is 6.30. The van der Waals surface area contributed by atoms with Gasteiger partial charge in [-0.3, -0.25) is 4.90 Å². The summed E-state index contributed by atoms with van der Waals surface area (Å²) in [5, 5.41) is 0.766. The topological polar surface area (TPSA) is 65.5 Å². The van der Waals surface area contributed by atoms with Crippen molar-refractivity contribution in [3.63, 3.8) is 0 Å². The van der Waals surface area contributed by atoms with Gasteiger partial charge in [0.25, 0.3) is 0 Å². The maximum atomic E-state index is 5.74. The largest absolute Gasteiger partial charge is 0.492 e.